The highest BCUT2D eigenvalue weighted by Gasteiger charge is 2.53. The van der Waals surface area contributed by atoms with Gasteiger partial charge in [0.25, 0.3) is 0 Å². The first kappa shape index (κ1) is 17.4. The quantitative estimate of drug-likeness (QED) is 0.807. The molecule has 0 amide bonds. The molecule has 0 saturated carbocycles. The molecule has 2 aromatic rings. The Kier molecular flexibility index (Phi) is 3.90. The van der Waals surface area contributed by atoms with Gasteiger partial charge in [0.15, 0.2) is 11.5 Å². The molecule has 150 valence electrons. The van der Waals surface area contributed by atoms with Crippen LogP contribution in [0.5, 0.6) is 11.5 Å². The molecular formula is C23H26N4O2. The van der Waals surface area contributed by atoms with Gasteiger partial charge in [-0.05, 0) is 61.2 Å². The summed E-state index contributed by atoms with van der Waals surface area (Å²) in [5, 5.41) is 9.32. The third-order valence-corrected chi connectivity index (χ3v) is 7.48. The predicted molar refractivity (Wildman–Crippen MR) is 108 cm³/mol. The molecule has 4 fully saturated rings. The molecule has 0 N–H and O–H groups in total. The van der Waals surface area contributed by atoms with Crippen LogP contribution in [0.1, 0.15) is 35.6 Å². The van der Waals surface area contributed by atoms with Gasteiger partial charge in [-0.2, -0.15) is 5.26 Å². The minimum absolute atomic E-state index is 0.324. The lowest BCUT2D eigenvalue weighted by Gasteiger charge is -2.51. The molecule has 0 aliphatic carbocycles. The summed E-state index contributed by atoms with van der Waals surface area (Å²) < 4.78 is 13.1. The van der Waals surface area contributed by atoms with E-state index in [2.05, 4.69) is 40.3 Å². The Balaban J connectivity index is 1.34. The Morgan fingerprint density at radius 1 is 1.10 bits per heavy atom. The van der Waals surface area contributed by atoms with Crippen LogP contribution >= 0.6 is 0 Å². The number of benzene rings is 1. The molecule has 0 unspecified atom stereocenters. The molecule has 6 heterocycles. The van der Waals surface area contributed by atoms with Gasteiger partial charge in [-0.1, -0.05) is 6.07 Å². The molecule has 29 heavy (non-hydrogen) atoms. The molecule has 5 aliphatic rings. The summed E-state index contributed by atoms with van der Waals surface area (Å²) in [6, 6.07) is 12.0. The van der Waals surface area contributed by atoms with E-state index >= 15 is 0 Å². The topological polar surface area (TPSA) is 53.7 Å². The number of ether oxygens (including phenoxy) is 2. The third kappa shape index (κ3) is 2.68. The van der Waals surface area contributed by atoms with Gasteiger partial charge in [-0.15, -0.1) is 0 Å². The number of piperidine rings is 3. The number of rotatable bonds is 3. The second-order valence-corrected chi connectivity index (χ2v) is 8.96. The smallest absolute Gasteiger partial charge is 0.231 e. The first-order valence-corrected chi connectivity index (χ1v) is 10.6. The Labute approximate surface area is 171 Å². The molecule has 7 rings (SSSR count). The first-order valence-electron chi connectivity index (χ1n) is 10.6. The average molecular weight is 390 g/mol. The molecule has 0 radical (unpaired) electrons. The second-order valence-electron chi connectivity index (χ2n) is 8.96. The Morgan fingerprint density at radius 2 is 1.93 bits per heavy atom. The zero-order chi connectivity index (χ0) is 19.5. The molecule has 1 aromatic carbocycles. The molecule has 6 heteroatoms. The highest BCUT2D eigenvalue weighted by atomic mass is 16.7. The van der Waals surface area contributed by atoms with E-state index in [4.69, 9.17) is 9.47 Å². The molecule has 4 saturated heterocycles. The van der Waals surface area contributed by atoms with Crippen molar-refractivity contribution in [3.05, 3.63) is 47.3 Å². The van der Waals surface area contributed by atoms with Gasteiger partial charge >= 0.3 is 0 Å². The molecule has 2 bridgehead atoms. The summed E-state index contributed by atoms with van der Waals surface area (Å²) in [7, 11) is 1.96. The highest BCUT2D eigenvalue weighted by molar-refractivity contribution is 5.46. The van der Waals surface area contributed by atoms with E-state index in [-0.39, 0.29) is 0 Å². The minimum Gasteiger partial charge on any atom is -0.454 e. The zero-order valence-electron chi connectivity index (χ0n) is 16.8. The van der Waals surface area contributed by atoms with Crippen LogP contribution in [0.4, 0.5) is 0 Å². The van der Waals surface area contributed by atoms with Gasteiger partial charge in [-0.3, -0.25) is 9.80 Å². The maximum Gasteiger partial charge on any atom is 0.231 e. The van der Waals surface area contributed by atoms with Gasteiger partial charge in [0.2, 0.25) is 6.79 Å². The summed E-state index contributed by atoms with van der Waals surface area (Å²) in [5.74, 6) is 3.01. The zero-order valence-corrected chi connectivity index (χ0v) is 16.8. The Bertz CT molecular complexity index is 985. The number of hydrogen-bond donors (Lipinski definition) is 0. The number of aromatic nitrogens is 1. The fraction of sp³-hybridized carbons (Fsp3) is 0.522. The number of hydrogen-bond acceptors (Lipinski definition) is 5. The van der Waals surface area contributed by atoms with E-state index in [1.807, 2.05) is 17.7 Å². The fourth-order valence-electron chi connectivity index (χ4n) is 6.22. The largest absolute Gasteiger partial charge is 0.454 e. The fourth-order valence-corrected chi connectivity index (χ4v) is 6.22. The van der Waals surface area contributed by atoms with Crippen molar-refractivity contribution in [2.75, 3.05) is 26.4 Å². The third-order valence-electron chi connectivity index (χ3n) is 7.48. The van der Waals surface area contributed by atoms with Crippen LogP contribution in [0.2, 0.25) is 0 Å². The molecule has 5 aliphatic heterocycles. The van der Waals surface area contributed by atoms with Crippen LogP contribution in [0.25, 0.3) is 0 Å². The van der Waals surface area contributed by atoms with Crippen LogP contribution in [0.3, 0.4) is 0 Å². The van der Waals surface area contributed by atoms with Crippen molar-refractivity contribution < 1.29 is 9.47 Å². The predicted octanol–water partition coefficient (Wildman–Crippen LogP) is 2.69. The van der Waals surface area contributed by atoms with Crippen LogP contribution in [-0.4, -0.2) is 52.9 Å². The lowest BCUT2D eigenvalue weighted by atomic mass is 9.75. The summed E-state index contributed by atoms with van der Waals surface area (Å²) >= 11 is 0. The summed E-state index contributed by atoms with van der Waals surface area (Å²) in [6.07, 6.45) is 4.73. The van der Waals surface area contributed by atoms with E-state index in [9.17, 15) is 5.26 Å². The summed E-state index contributed by atoms with van der Waals surface area (Å²) in [5.41, 5.74) is 3.34. The number of likely N-dealkylation sites (tertiary alicyclic amines) is 1. The van der Waals surface area contributed by atoms with Crippen LogP contribution in [-0.2, 0) is 13.6 Å². The maximum atomic E-state index is 9.32. The molecule has 0 spiro atoms. The Morgan fingerprint density at radius 3 is 2.72 bits per heavy atom. The number of nitrogens with zero attached hydrogens (tertiary/aromatic N) is 4. The lowest BCUT2D eigenvalue weighted by Crippen LogP contribution is -2.59. The SMILES string of the molecule is Cn1cc(CN2C[C@@H](c3ccc4c(c3)OCO4)[C@@H]3[C@H]2C2CCN3CC2)cc1C#N. The van der Waals surface area contributed by atoms with Gasteiger partial charge in [0.1, 0.15) is 11.8 Å². The van der Waals surface area contributed by atoms with Crippen LogP contribution in [0, 0.1) is 17.2 Å². The Hall–Kier alpha value is -2.49. The van der Waals surface area contributed by atoms with Crippen molar-refractivity contribution in [3.63, 3.8) is 0 Å². The number of aryl methyl sites for hydroxylation is 1. The normalized spacial score (nSPS) is 32.3. The van der Waals surface area contributed by atoms with E-state index < -0.39 is 0 Å². The standard InChI is InChI=1S/C23H26N4O2/c1-25-11-15(8-18(25)10-24)12-27-13-19(17-2-3-20-21(9-17)29-14-28-20)23-22(27)16-4-6-26(23)7-5-16/h2-3,8-9,11,16,19,22-23H,4-7,12-14H2,1H3/t19-,22+,23+/m0/s1. The number of fused-ring (bicyclic) bond motifs is 3. The van der Waals surface area contributed by atoms with Gasteiger partial charge < -0.3 is 14.0 Å². The van der Waals surface area contributed by atoms with E-state index in [1.54, 1.807) is 0 Å². The number of nitriles is 1. The van der Waals surface area contributed by atoms with Crippen molar-refractivity contribution in [2.45, 2.75) is 37.4 Å². The van der Waals surface area contributed by atoms with Crippen LogP contribution in [0.15, 0.2) is 30.5 Å². The monoisotopic (exact) mass is 390 g/mol. The van der Waals surface area contributed by atoms with Crippen molar-refractivity contribution in [3.8, 4) is 17.6 Å². The highest BCUT2D eigenvalue weighted by Crippen LogP contribution is 2.48. The second kappa shape index (κ2) is 6.51. The summed E-state index contributed by atoms with van der Waals surface area (Å²) in [4.78, 5) is 5.41. The first-order chi connectivity index (χ1) is 14.2. The molecule has 6 nitrogen and oxygen atoms in total. The van der Waals surface area contributed by atoms with E-state index in [1.165, 1.54) is 37.1 Å². The van der Waals surface area contributed by atoms with Gasteiger partial charge in [0.05, 0.1) is 0 Å². The molecule has 1 aromatic heterocycles. The van der Waals surface area contributed by atoms with Crippen molar-refractivity contribution in [1.82, 2.24) is 14.4 Å². The maximum absolute atomic E-state index is 9.32. The van der Waals surface area contributed by atoms with Crippen LogP contribution < -0.4 is 9.47 Å². The van der Waals surface area contributed by atoms with E-state index in [0.717, 1.165) is 36.2 Å². The van der Waals surface area contributed by atoms with Crippen molar-refractivity contribution >= 4 is 0 Å². The lowest BCUT2D eigenvalue weighted by molar-refractivity contribution is -0.00869. The molecule has 3 atom stereocenters. The van der Waals surface area contributed by atoms with Crippen molar-refractivity contribution in [1.29, 1.82) is 5.26 Å². The van der Waals surface area contributed by atoms with Gasteiger partial charge in [0, 0.05) is 44.3 Å². The summed E-state index contributed by atoms with van der Waals surface area (Å²) in [6.45, 7) is 4.75. The van der Waals surface area contributed by atoms with E-state index in [0.29, 0.717) is 24.8 Å². The van der Waals surface area contributed by atoms with Gasteiger partial charge in [-0.25, -0.2) is 0 Å². The van der Waals surface area contributed by atoms with Crippen molar-refractivity contribution in [2.24, 2.45) is 13.0 Å². The molecular weight excluding hydrogens is 364 g/mol. The minimum atomic E-state index is 0.324. The average Bonchev–Trinajstić information content (AvgIpc) is 3.46.